The van der Waals surface area contributed by atoms with E-state index in [1.165, 1.54) is 0 Å². The summed E-state index contributed by atoms with van der Waals surface area (Å²) in [6.07, 6.45) is 0. The smallest absolute Gasteiger partial charge is 0.292 e. The van der Waals surface area contributed by atoms with E-state index in [-0.39, 0.29) is 5.91 Å². The van der Waals surface area contributed by atoms with E-state index >= 15 is 0 Å². The van der Waals surface area contributed by atoms with Crippen molar-refractivity contribution in [1.29, 1.82) is 0 Å². The average molecular weight is 311 g/mol. The third-order valence-corrected chi connectivity index (χ3v) is 4.29. The SMILES string of the molecule is COc1ccccc1CN1C(=O)C2(OCCO2)c2ccccc21. The van der Waals surface area contributed by atoms with Crippen molar-refractivity contribution in [2.45, 2.75) is 12.3 Å². The zero-order valence-corrected chi connectivity index (χ0v) is 12.8. The van der Waals surface area contributed by atoms with E-state index in [0.29, 0.717) is 19.8 Å². The van der Waals surface area contributed by atoms with Crippen LogP contribution in [-0.2, 0) is 26.6 Å². The van der Waals surface area contributed by atoms with Gasteiger partial charge in [-0.1, -0.05) is 36.4 Å². The molecule has 1 fully saturated rings. The second-order valence-electron chi connectivity index (χ2n) is 5.53. The van der Waals surface area contributed by atoms with Crippen LogP contribution in [0.1, 0.15) is 11.1 Å². The third-order valence-electron chi connectivity index (χ3n) is 4.29. The van der Waals surface area contributed by atoms with Gasteiger partial charge in [-0.3, -0.25) is 4.79 Å². The highest BCUT2D eigenvalue weighted by Gasteiger charge is 2.55. The lowest BCUT2D eigenvalue weighted by Gasteiger charge is -2.22. The van der Waals surface area contributed by atoms with Crippen LogP contribution in [0.3, 0.4) is 0 Å². The van der Waals surface area contributed by atoms with Gasteiger partial charge in [0.1, 0.15) is 5.75 Å². The Labute approximate surface area is 134 Å². The highest BCUT2D eigenvalue weighted by atomic mass is 16.7. The first kappa shape index (κ1) is 14.2. The normalized spacial score (nSPS) is 18.5. The van der Waals surface area contributed by atoms with Crippen LogP contribution in [0.5, 0.6) is 5.75 Å². The Morgan fingerprint density at radius 2 is 1.78 bits per heavy atom. The minimum atomic E-state index is -1.28. The highest BCUT2D eigenvalue weighted by Crippen LogP contribution is 2.46. The van der Waals surface area contributed by atoms with Crippen molar-refractivity contribution in [2.24, 2.45) is 0 Å². The molecule has 0 bridgehead atoms. The maximum atomic E-state index is 13.0. The van der Waals surface area contributed by atoms with Crippen LogP contribution in [-0.4, -0.2) is 26.2 Å². The molecule has 0 unspecified atom stereocenters. The van der Waals surface area contributed by atoms with Gasteiger partial charge < -0.3 is 19.1 Å². The van der Waals surface area contributed by atoms with Gasteiger partial charge in [-0.05, 0) is 12.1 Å². The molecule has 2 aromatic carbocycles. The predicted molar refractivity (Wildman–Crippen MR) is 84.2 cm³/mol. The van der Waals surface area contributed by atoms with E-state index in [2.05, 4.69) is 0 Å². The van der Waals surface area contributed by atoms with Crippen molar-refractivity contribution >= 4 is 11.6 Å². The second-order valence-corrected chi connectivity index (χ2v) is 5.53. The van der Waals surface area contributed by atoms with Crippen molar-refractivity contribution < 1.29 is 19.0 Å². The summed E-state index contributed by atoms with van der Waals surface area (Å²) in [6.45, 7) is 1.25. The molecule has 118 valence electrons. The number of carbonyl (C=O) groups is 1. The Bertz CT molecular complexity index is 752. The summed E-state index contributed by atoms with van der Waals surface area (Å²) in [5, 5.41) is 0. The van der Waals surface area contributed by atoms with Gasteiger partial charge in [-0.25, -0.2) is 0 Å². The van der Waals surface area contributed by atoms with Gasteiger partial charge in [0.25, 0.3) is 11.7 Å². The van der Waals surface area contributed by atoms with Crippen LogP contribution in [0.15, 0.2) is 48.5 Å². The van der Waals surface area contributed by atoms with Gasteiger partial charge in [-0.15, -0.1) is 0 Å². The van der Waals surface area contributed by atoms with Crippen molar-refractivity contribution in [3.8, 4) is 5.75 Å². The van der Waals surface area contributed by atoms with Crippen LogP contribution < -0.4 is 9.64 Å². The number of amides is 1. The summed E-state index contributed by atoms with van der Waals surface area (Å²) < 4.78 is 16.8. The molecule has 2 aliphatic heterocycles. The molecule has 2 aliphatic rings. The molecule has 4 rings (SSSR count). The molecular formula is C18H17NO4. The Kier molecular flexibility index (Phi) is 3.32. The minimum Gasteiger partial charge on any atom is -0.496 e. The molecule has 2 aromatic rings. The quantitative estimate of drug-likeness (QED) is 0.873. The first-order chi connectivity index (χ1) is 11.3. The summed E-state index contributed by atoms with van der Waals surface area (Å²) in [5.74, 6) is -0.701. The van der Waals surface area contributed by atoms with Gasteiger partial charge in [0, 0.05) is 11.1 Å². The minimum absolute atomic E-state index is 0.179. The molecule has 0 aromatic heterocycles. The largest absolute Gasteiger partial charge is 0.496 e. The Hall–Kier alpha value is -2.37. The topological polar surface area (TPSA) is 48.0 Å². The molecule has 0 radical (unpaired) electrons. The lowest BCUT2D eigenvalue weighted by atomic mass is 10.1. The van der Waals surface area contributed by atoms with Gasteiger partial charge in [0.2, 0.25) is 0 Å². The first-order valence-corrected chi connectivity index (χ1v) is 7.57. The number of nitrogens with zero attached hydrogens (tertiary/aromatic N) is 1. The van der Waals surface area contributed by atoms with Crippen molar-refractivity contribution in [3.05, 3.63) is 59.7 Å². The summed E-state index contributed by atoms with van der Waals surface area (Å²) >= 11 is 0. The second kappa shape index (κ2) is 5.37. The van der Waals surface area contributed by atoms with E-state index < -0.39 is 5.79 Å². The molecule has 1 spiro atoms. The number of benzene rings is 2. The average Bonchev–Trinajstić information content (AvgIpc) is 3.17. The number of anilines is 1. The van der Waals surface area contributed by atoms with E-state index in [1.54, 1.807) is 12.0 Å². The third kappa shape index (κ3) is 2.04. The van der Waals surface area contributed by atoms with Crippen LogP contribution in [0.2, 0.25) is 0 Å². The molecule has 5 nitrogen and oxygen atoms in total. The van der Waals surface area contributed by atoms with Crippen molar-refractivity contribution in [3.63, 3.8) is 0 Å². The summed E-state index contributed by atoms with van der Waals surface area (Å²) in [4.78, 5) is 14.7. The van der Waals surface area contributed by atoms with Crippen LogP contribution in [0, 0.1) is 0 Å². The maximum absolute atomic E-state index is 13.0. The molecule has 0 atom stereocenters. The van der Waals surface area contributed by atoms with Gasteiger partial charge in [0.05, 0.1) is 32.6 Å². The molecule has 2 heterocycles. The number of hydrogen-bond acceptors (Lipinski definition) is 4. The lowest BCUT2D eigenvalue weighted by Crippen LogP contribution is -2.40. The predicted octanol–water partition coefficient (Wildman–Crippen LogP) is 2.44. The number of fused-ring (bicyclic) bond motifs is 2. The number of methoxy groups -OCH3 is 1. The molecule has 1 amide bonds. The molecular weight excluding hydrogens is 294 g/mol. The van der Waals surface area contributed by atoms with Crippen molar-refractivity contribution in [2.75, 3.05) is 25.2 Å². The Morgan fingerprint density at radius 3 is 2.57 bits per heavy atom. The first-order valence-electron chi connectivity index (χ1n) is 7.57. The number of carbonyl (C=O) groups excluding carboxylic acids is 1. The van der Waals surface area contributed by atoms with Crippen LogP contribution in [0.4, 0.5) is 5.69 Å². The van der Waals surface area contributed by atoms with E-state index in [0.717, 1.165) is 22.6 Å². The van der Waals surface area contributed by atoms with Gasteiger partial charge >= 0.3 is 0 Å². The van der Waals surface area contributed by atoms with E-state index in [9.17, 15) is 4.79 Å². The fraction of sp³-hybridized carbons (Fsp3) is 0.278. The fourth-order valence-corrected chi connectivity index (χ4v) is 3.24. The molecule has 1 saturated heterocycles. The Balaban J connectivity index is 1.76. The fourth-order valence-electron chi connectivity index (χ4n) is 3.24. The molecule has 0 N–H and O–H groups in total. The molecule has 23 heavy (non-hydrogen) atoms. The number of ether oxygens (including phenoxy) is 3. The monoisotopic (exact) mass is 311 g/mol. The molecule has 0 aliphatic carbocycles. The summed E-state index contributed by atoms with van der Waals surface area (Å²) in [7, 11) is 1.63. The molecule has 5 heteroatoms. The summed E-state index contributed by atoms with van der Waals surface area (Å²) in [6, 6.07) is 15.3. The van der Waals surface area contributed by atoms with Gasteiger partial charge in [0.15, 0.2) is 0 Å². The van der Waals surface area contributed by atoms with Crippen molar-refractivity contribution in [1.82, 2.24) is 0 Å². The van der Waals surface area contributed by atoms with E-state index in [1.807, 2.05) is 48.5 Å². The van der Waals surface area contributed by atoms with Crippen LogP contribution >= 0.6 is 0 Å². The van der Waals surface area contributed by atoms with Crippen LogP contribution in [0.25, 0.3) is 0 Å². The zero-order valence-electron chi connectivity index (χ0n) is 12.8. The number of para-hydroxylation sites is 2. The number of hydrogen-bond donors (Lipinski definition) is 0. The lowest BCUT2D eigenvalue weighted by molar-refractivity contribution is -0.180. The van der Waals surface area contributed by atoms with E-state index in [4.69, 9.17) is 14.2 Å². The Morgan fingerprint density at radius 1 is 1.09 bits per heavy atom. The van der Waals surface area contributed by atoms with Gasteiger partial charge in [-0.2, -0.15) is 0 Å². The maximum Gasteiger partial charge on any atom is 0.292 e. The zero-order chi connectivity index (χ0) is 15.9. The summed E-state index contributed by atoms with van der Waals surface area (Å²) in [5.41, 5.74) is 2.54. The highest BCUT2D eigenvalue weighted by molar-refractivity contribution is 6.06. The molecule has 0 saturated carbocycles. The number of rotatable bonds is 3. The standard InChI is InChI=1S/C18H17NO4/c1-21-16-9-5-2-6-13(16)12-19-15-8-4-3-7-14(15)18(17(19)20)22-10-11-23-18/h2-9H,10-12H2,1H3.